The molecule has 0 aliphatic heterocycles. The molecule has 0 radical (unpaired) electrons. The quantitative estimate of drug-likeness (QED) is 0.784. The fourth-order valence-corrected chi connectivity index (χ4v) is 2.17. The molecule has 1 amide bonds. The molecular formula is C18H14F3NO4. The Morgan fingerprint density at radius 2 is 1.85 bits per heavy atom. The molecule has 5 nitrogen and oxygen atoms in total. The number of carboxylic acid groups (broad SMARTS) is 1. The molecule has 0 saturated heterocycles. The zero-order valence-electron chi connectivity index (χ0n) is 13.5. The Balaban J connectivity index is 2.17. The lowest BCUT2D eigenvalue weighted by Crippen LogP contribution is -2.11. The monoisotopic (exact) mass is 365 g/mol. The molecule has 0 fully saturated rings. The van der Waals surface area contributed by atoms with Crippen molar-refractivity contribution in [2.45, 2.75) is 6.18 Å². The molecule has 0 heterocycles. The van der Waals surface area contributed by atoms with E-state index in [1.807, 2.05) is 0 Å². The van der Waals surface area contributed by atoms with Crippen LogP contribution >= 0.6 is 0 Å². The normalized spacial score (nSPS) is 11.4. The van der Waals surface area contributed by atoms with Gasteiger partial charge in [0, 0.05) is 6.08 Å². The van der Waals surface area contributed by atoms with Gasteiger partial charge in [-0.25, -0.2) is 4.79 Å². The number of alkyl halides is 3. The molecule has 2 rings (SSSR count). The van der Waals surface area contributed by atoms with Crippen molar-refractivity contribution in [2.75, 3.05) is 12.4 Å². The largest absolute Gasteiger partial charge is 0.496 e. The zero-order valence-corrected chi connectivity index (χ0v) is 13.5. The molecule has 0 spiro atoms. The van der Waals surface area contributed by atoms with Gasteiger partial charge in [-0.05, 0) is 35.9 Å². The van der Waals surface area contributed by atoms with E-state index in [0.717, 1.165) is 25.3 Å². The number of aromatic carboxylic acids is 1. The van der Waals surface area contributed by atoms with Crippen LogP contribution in [0, 0.1) is 0 Å². The van der Waals surface area contributed by atoms with Crippen molar-refractivity contribution in [3.05, 3.63) is 65.2 Å². The summed E-state index contributed by atoms with van der Waals surface area (Å²) in [6.45, 7) is 0. The van der Waals surface area contributed by atoms with Crippen LogP contribution in [0.15, 0.2) is 48.5 Å². The molecule has 136 valence electrons. The van der Waals surface area contributed by atoms with Crippen LogP contribution in [0.4, 0.5) is 18.9 Å². The van der Waals surface area contributed by atoms with Crippen LogP contribution < -0.4 is 10.1 Å². The van der Waals surface area contributed by atoms with E-state index in [-0.39, 0.29) is 17.0 Å². The fraction of sp³-hybridized carbons (Fsp3) is 0.111. The molecular weight excluding hydrogens is 351 g/mol. The standard InChI is InChI=1S/C18H14F3NO4/c1-26-15-10-11(6-8-13(15)18(19,20)21)7-9-16(23)22-14-5-3-2-4-12(14)17(24)25/h2-10H,1H3,(H,22,23)(H,24,25). The lowest BCUT2D eigenvalue weighted by molar-refractivity contribution is -0.138. The second-order valence-electron chi connectivity index (χ2n) is 5.13. The van der Waals surface area contributed by atoms with Gasteiger partial charge in [0.25, 0.3) is 0 Å². The third-order valence-corrected chi connectivity index (χ3v) is 3.37. The van der Waals surface area contributed by atoms with Crippen molar-refractivity contribution < 1.29 is 32.6 Å². The maximum Gasteiger partial charge on any atom is 0.419 e. The number of ether oxygens (including phenoxy) is 1. The van der Waals surface area contributed by atoms with E-state index in [1.165, 1.54) is 30.3 Å². The summed E-state index contributed by atoms with van der Waals surface area (Å²) in [6, 6.07) is 9.04. The Bertz CT molecular complexity index is 860. The Morgan fingerprint density at radius 1 is 1.15 bits per heavy atom. The van der Waals surface area contributed by atoms with E-state index in [0.29, 0.717) is 5.56 Å². The SMILES string of the molecule is COc1cc(C=CC(=O)Nc2ccccc2C(=O)O)ccc1C(F)(F)F. The van der Waals surface area contributed by atoms with Crippen LogP contribution in [0.25, 0.3) is 6.08 Å². The average molecular weight is 365 g/mol. The molecule has 0 unspecified atom stereocenters. The van der Waals surface area contributed by atoms with Gasteiger partial charge >= 0.3 is 12.1 Å². The van der Waals surface area contributed by atoms with Crippen LogP contribution in [0.1, 0.15) is 21.5 Å². The first-order chi connectivity index (χ1) is 12.2. The first-order valence-corrected chi connectivity index (χ1v) is 7.29. The number of benzene rings is 2. The van der Waals surface area contributed by atoms with Gasteiger partial charge in [-0.3, -0.25) is 4.79 Å². The zero-order chi connectivity index (χ0) is 19.3. The number of nitrogens with one attached hydrogen (secondary N) is 1. The van der Waals surface area contributed by atoms with Crippen LogP contribution in [-0.4, -0.2) is 24.1 Å². The highest BCUT2D eigenvalue weighted by atomic mass is 19.4. The minimum Gasteiger partial charge on any atom is -0.496 e. The Hall–Kier alpha value is -3.29. The number of carbonyl (C=O) groups is 2. The van der Waals surface area contributed by atoms with Gasteiger partial charge in [0.15, 0.2) is 0 Å². The van der Waals surface area contributed by atoms with Gasteiger partial charge in [0.05, 0.1) is 23.9 Å². The van der Waals surface area contributed by atoms with Gasteiger partial charge in [0.2, 0.25) is 5.91 Å². The van der Waals surface area contributed by atoms with Crippen LogP contribution in [0.5, 0.6) is 5.75 Å². The third-order valence-electron chi connectivity index (χ3n) is 3.37. The highest BCUT2D eigenvalue weighted by Gasteiger charge is 2.34. The maximum atomic E-state index is 12.8. The molecule has 0 aromatic heterocycles. The number of para-hydroxylation sites is 1. The smallest absolute Gasteiger partial charge is 0.419 e. The fourth-order valence-electron chi connectivity index (χ4n) is 2.17. The molecule has 0 aliphatic carbocycles. The molecule has 0 aliphatic rings. The number of halogens is 3. The van der Waals surface area contributed by atoms with E-state index < -0.39 is 23.6 Å². The number of anilines is 1. The van der Waals surface area contributed by atoms with Gasteiger partial charge in [0.1, 0.15) is 5.75 Å². The van der Waals surface area contributed by atoms with E-state index in [1.54, 1.807) is 6.07 Å². The van der Waals surface area contributed by atoms with Crippen LogP contribution in [0.3, 0.4) is 0 Å². The topological polar surface area (TPSA) is 75.6 Å². The van der Waals surface area contributed by atoms with E-state index in [4.69, 9.17) is 9.84 Å². The number of methoxy groups -OCH3 is 1. The van der Waals surface area contributed by atoms with Crippen molar-refractivity contribution in [1.82, 2.24) is 0 Å². The van der Waals surface area contributed by atoms with Crippen LogP contribution in [0.2, 0.25) is 0 Å². The predicted octanol–water partition coefficient (Wildman–Crippen LogP) is 4.06. The first-order valence-electron chi connectivity index (χ1n) is 7.29. The Kier molecular flexibility index (Phi) is 5.66. The summed E-state index contributed by atoms with van der Waals surface area (Å²) in [6.07, 6.45) is -2.17. The van der Waals surface area contributed by atoms with Crippen molar-refractivity contribution >= 4 is 23.6 Å². The number of rotatable bonds is 5. The second kappa shape index (κ2) is 7.73. The second-order valence-corrected chi connectivity index (χ2v) is 5.13. The van der Waals surface area contributed by atoms with Crippen molar-refractivity contribution in [3.63, 3.8) is 0 Å². The number of hydrogen-bond donors (Lipinski definition) is 2. The summed E-state index contributed by atoms with van der Waals surface area (Å²) in [5.41, 5.74) is -0.571. The van der Waals surface area contributed by atoms with Crippen molar-refractivity contribution in [2.24, 2.45) is 0 Å². The molecule has 2 N–H and O–H groups in total. The van der Waals surface area contributed by atoms with Crippen molar-refractivity contribution in [1.29, 1.82) is 0 Å². The summed E-state index contributed by atoms with van der Waals surface area (Å²) in [4.78, 5) is 23.0. The highest BCUT2D eigenvalue weighted by molar-refractivity contribution is 6.06. The van der Waals surface area contributed by atoms with E-state index in [2.05, 4.69) is 5.32 Å². The van der Waals surface area contributed by atoms with E-state index in [9.17, 15) is 22.8 Å². The summed E-state index contributed by atoms with van der Waals surface area (Å²) < 4.78 is 43.2. The molecule has 2 aromatic rings. The maximum absolute atomic E-state index is 12.8. The minimum absolute atomic E-state index is 0.0783. The summed E-state index contributed by atoms with van der Waals surface area (Å²) in [7, 11) is 1.12. The van der Waals surface area contributed by atoms with Crippen LogP contribution in [-0.2, 0) is 11.0 Å². The lowest BCUT2D eigenvalue weighted by atomic mass is 10.1. The molecule has 2 aromatic carbocycles. The third kappa shape index (κ3) is 4.62. The summed E-state index contributed by atoms with van der Waals surface area (Å²) >= 11 is 0. The molecule has 0 atom stereocenters. The predicted molar refractivity (Wildman–Crippen MR) is 89.1 cm³/mol. The summed E-state index contributed by atoms with van der Waals surface area (Å²) in [5, 5.41) is 11.5. The Labute approximate surface area is 146 Å². The first kappa shape index (κ1) is 19.0. The van der Waals surface area contributed by atoms with Crippen molar-refractivity contribution in [3.8, 4) is 5.75 Å². The van der Waals surface area contributed by atoms with Gasteiger partial charge in [-0.2, -0.15) is 13.2 Å². The van der Waals surface area contributed by atoms with Gasteiger partial charge < -0.3 is 15.2 Å². The molecule has 0 saturated carbocycles. The number of carboxylic acids is 1. The average Bonchev–Trinajstić information content (AvgIpc) is 2.59. The highest BCUT2D eigenvalue weighted by Crippen LogP contribution is 2.36. The number of hydrogen-bond acceptors (Lipinski definition) is 3. The Morgan fingerprint density at radius 3 is 2.46 bits per heavy atom. The molecule has 0 bridgehead atoms. The van der Waals surface area contributed by atoms with Gasteiger partial charge in [-0.1, -0.05) is 18.2 Å². The molecule has 26 heavy (non-hydrogen) atoms. The number of amides is 1. The molecule has 8 heteroatoms. The number of carbonyl (C=O) groups excluding carboxylic acids is 1. The lowest BCUT2D eigenvalue weighted by Gasteiger charge is -2.12. The van der Waals surface area contributed by atoms with E-state index >= 15 is 0 Å². The minimum atomic E-state index is -4.55. The van der Waals surface area contributed by atoms with Gasteiger partial charge in [-0.15, -0.1) is 0 Å². The summed E-state index contributed by atoms with van der Waals surface area (Å²) in [5.74, 6) is -2.19.